The van der Waals surface area contributed by atoms with E-state index in [1.165, 1.54) is 25.3 Å². The zero-order chi connectivity index (χ0) is 26.1. The molecule has 3 rings (SSSR count). The quantitative estimate of drug-likeness (QED) is 0.325. The first-order chi connectivity index (χ1) is 17.2. The minimum absolute atomic E-state index is 0.0494. The summed E-state index contributed by atoms with van der Waals surface area (Å²) in [6.07, 6.45) is 3.90. The second-order valence-electron chi connectivity index (χ2n) is 9.28. The smallest absolute Gasteiger partial charge is 0.323 e. The molecule has 0 aliphatic carbocycles. The molecule has 11 nitrogen and oxygen atoms in total. The van der Waals surface area contributed by atoms with Crippen molar-refractivity contribution in [1.82, 2.24) is 20.3 Å². The van der Waals surface area contributed by atoms with Crippen LogP contribution in [0.15, 0.2) is 29.2 Å². The number of carboxylic acids is 1. The first-order valence-corrected chi connectivity index (χ1v) is 13.8. The van der Waals surface area contributed by atoms with E-state index in [2.05, 4.69) is 15.4 Å². The molecule has 2 unspecified atom stereocenters. The first-order valence-electron chi connectivity index (χ1n) is 12.4. The lowest BCUT2D eigenvalue weighted by Gasteiger charge is -2.31. The second-order valence-corrected chi connectivity index (χ2v) is 11.0. The number of piperidine rings is 2. The molecule has 2 atom stereocenters. The normalized spacial score (nSPS) is 19.9. The second kappa shape index (κ2) is 13.1. The van der Waals surface area contributed by atoms with E-state index in [0.717, 1.165) is 43.8 Å². The third-order valence-corrected chi connectivity index (χ3v) is 8.27. The summed E-state index contributed by atoms with van der Waals surface area (Å²) < 4.78 is 33.3. The number of rotatable bonds is 11. The zero-order valence-electron chi connectivity index (χ0n) is 20.6. The minimum atomic E-state index is -4.32. The van der Waals surface area contributed by atoms with Crippen LogP contribution in [0.2, 0.25) is 0 Å². The van der Waals surface area contributed by atoms with Gasteiger partial charge >= 0.3 is 5.97 Å². The van der Waals surface area contributed by atoms with Crippen LogP contribution < -0.4 is 20.1 Å². The van der Waals surface area contributed by atoms with Gasteiger partial charge in [0.2, 0.25) is 21.8 Å². The number of hydrogen-bond donors (Lipinski definition) is 4. The molecule has 2 aliphatic heterocycles. The first kappa shape index (κ1) is 28.0. The van der Waals surface area contributed by atoms with Crippen LogP contribution in [0.4, 0.5) is 0 Å². The van der Waals surface area contributed by atoms with Crippen molar-refractivity contribution < 1.29 is 32.6 Å². The molecule has 0 aromatic heterocycles. The van der Waals surface area contributed by atoms with E-state index >= 15 is 0 Å². The molecular weight excluding hydrogens is 488 g/mol. The Kier molecular flexibility index (Phi) is 10.2. The van der Waals surface area contributed by atoms with Gasteiger partial charge in [-0.05, 0) is 69.8 Å². The summed E-state index contributed by atoms with van der Waals surface area (Å²) in [6.45, 7) is 2.32. The van der Waals surface area contributed by atoms with Crippen molar-refractivity contribution in [1.29, 1.82) is 0 Å². The monoisotopic (exact) mass is 524 g/mol. The fraction of sp³-hybridized carbons (Fsp3) is 0.625. The van der Waals surface area contributed by atoms with Crippen LogP contribution in [-0.2, 0) is 24.4 Å². The summed E-state index contributed by atoms with van der Waals surface area (Å²) in [7, 11) is -3.01. The molecule has 12 heteroatoms. The standard InChI is InChI=1S/C24H36N4O7S/c1-35-20-6-2-3-7-21(20)36(33,34)27-19(24(31)32)16-28(23(30)18-5-4-12-26-15-18)22(29)9-8-17-10-13-25-14-11-17/h2-3,6-7,17-19,25-27H,4-5,8-16H2,1H3,(H,31,32). The fourth-order valence-corrected chi connectivity index (χ4v) is 6.02. The van der Waals surface area contributed by atoms with E-state index in [1.54, 1.807) is 6.07 Å². The molecule has 36 heavy (non-hydrogen) atoms. The number of nitrogens with one attached hydrogen (secondary N) is 3. The van der Waals surface area contributed by atoms with Crippen LogP contribution in [0.5, 0.6) is 5.75 Å². The van der Waals surface area contributed by atoms with Crippen molar-refractivity contribution in [3.05, 3.63) is 24.3 Å². The van der Waals surface area contributed by atoms with Gasteiger partial charge in [-0.2, -0.15) is 4.72 Å². The summed E-state index contributed by atoms with van der Waals surface area (Å²) >= 11 is 0. The van der Waals surface area contributed by atoms with Crippen LogP contribution in [0.25, 0.3) is 0 Å². The number of amides is 2. The van der Waals surface area contributed by atoms with Crippen LogP contribution in [0.3, 0.4) is 0 Å². The highest BCUT2D eigenvalue weighted by Crippen LogP contribution is 2.24. The maximum absolute atomic E-state index is 13.3. The number of carbonyl (C=O) groups excluding carboxylic acids is 2. The molecule has 2 amide bonds. The van der Waals surface area contributed by atoms with Crippen molar-refractivity contribution >= 4 is 27.8 Å². The number of imide groups is 1. The van der Waals surface area contributed by atoms with Crippen molar-refractivity contribution in [3.63, 3.8) is 0 Å². The summed E-state index contributed by atoms with van der Waals surface area (Å²) in [5.74, 6) is -2.51. The van der Waals surface area contributed by atoms with Gasteiger partial charge in [0, 0.05) is 13.0 Å². The molecule has 1 aromatic rings. The SMILES string of the molecule is COc1ccccc1S(=O)(=O)NC(CN(C(=O)CCC1CCNCC1)C(=O)C1CCCNC1)C(=O)O. The average Bonchev–Trinajstić information content (AvgIpc) is 2.90. The summed E-state index contributed by atoms with van der Waals surface area (Å²) in [6, 6.07) is 4.10. The van der Waals surface area contributed by atoms with Crippen molar-refractivity contribution in [3.8, 4) is 5.75 Å². The Morgan fingerprint density at radius 1 is 1.14 bits per heavy atom. The van der Waals surface area contributed by atoms with Gasteiger partial charge in [0.15, 0.2) is 0 Å². The molecular formula is C24H36N4O7S. The zero-order valence-corrected chi connectivity index (χ0v) is 21.4. The molecule has 2 heterocycles. The largest absolute Gasteiger partial charge is 0.495 e. The van der Waals surface area contributed by atoms with E-state index in [9.17, 15) is 27.9 Å². The lowest BCUT2D eigenvalue weighted by Crippen LogP contribution is -2.54. The lowest BCUT2D eigenvalue weighted by atomic mass is 9.92. The Morgan fingerprint density at radius 2 is 1.86 bits per heavy atom. The van der Waals surface area contributed by atoms with Gasteiger partial charge in [-0.15, -0.1) is 0 Å². The maximum Gasteiger partial charge on any atom is 0.323 e. The Bertz CT molecular complexity index is 1020. The summed E-state index contributed by atoms with van der Waals surface area (Å²) in [5, 5.41) is 16.2. The van der Waals surface area contributed by atoms with Gasteiger partial charge in [0.25, 0.3) is 0 Å². The Balaban J connectivity index is 1.79. The molecule has 4 N–H and O–H groups in total. The highest BCUT2D eigenvalue weighted by molar-refractivity contribution is 7.89. The van der Waals surface area contributed by atoms with Gasteiger partial charge in [-0.1, -0.05) is 12.1 Å². The van der Waals surface area contributed by atoms with Gasteiger partial charge < -0.3 is 20.5 Å². The number of benzene rings is 1. The highest BCUT2D eigenvalue weighted by Gasteiger charge is 2.36. The van der Waals surface area contributed by atoms with Gasteiger partial charge in [-0.3, -0.25) is 19.3 Å². The fourth-order valence-electron chi connectivity index (χ4n) is 4.67. The van der Waals surface area contributed by atoms with Crippen molar-refractivity contribution in [2.45, 2.75) is 49.5 Å². The Hall–Kier alpha value is -2.54. The molecule has 1 aromatic carbocycles. The molecule has 2 aliphatic rings. The van der Waals surface area contributed by atoms with Gasteiger partial charge in [0.1, 0.15) is 16.7 Å². The minimum Gasteiger partial charge on any atom is -0.495 e. The van der Waals surface area contributed by atoms with E-state index in [-0.39, 0.29) is 17.1 Å². The third-order valence-electron chi connectivity index (χ3n) is 6.76. The average molecular weight is 525 g/mol. The number of methoxy groups -OCH3 is 1. The van der Waals surface area contributed by atoms with Crippen LogP contribution in [-0.4, -0.2) is 82.1 Å². The highest BCUT2D eigenvalue weighted by atomic mass is 32.2. The number of sulfonamides is 1. The number of aliphatic carboxylic acids is 1. The van der Waals surface area contributed by atoms with E-state index in [0.29, 0.717) is 25.3 Å². The maximum atomic E-state index is 13.3. The van der Waals surface area contributed by atoms with E-state index < -0.39 is 46.3 Å². The van der Waals surface area contributed by atoms with E-state index in [4.69, 9.17) is 4.74 Å². The number of para-hydroxylation sites is 1. The molecule has 0 spiro atoms. The van der Waals surface area contributed by atoms with Crippen molar-refractivity contribution in [2.75, 3.05) is 39.8 Å². The molecule has 2 saturated heterocycles. The van der Waals surface area contributed by atoms with Gasteiger partial charge in [0.05, 0.1) is 19.6 Å². The Morgan fingerprint density at radius 3 is 2.50 bits per heavy atom. The molecule has 2 fully saturated rings. The molecule has 200 valence electrons. The van der Waals surface area contributed by atoms with E-state index in [1.807, 2.05) is 0 Å². The van der Waals surface area contributed by atoms with Gasteiger partial charge in [-0.25, -0.2) is 8.42 Å². The summed E-state index contributed by atoms with van der Waals surface area (Å²) in [4.78, 5) is 39.4. The number of carbonyl (C=O) groups is 3. The number of ether oxygens (including phenoxy) is 1. The predicted molar refractivity (Wildman–Crippen MR) is 132 cm³/mol. The van der Waals surface area contributed by atoms with Crippen molar-refractivity contribution in [2.24, 2.45) is 11.8 Å². The lowest BCUT2D eigenvalue weighted by molar-refractivity contribution is -0.149. The van der Waals surface area contributed by atoms with Crippen LogP contribution >= 0.6 is 0 Å². The van der Waals surface area contributed by atoms with Crippen LogP contribution in [0, 0.1) is 11.8 Å². The summed E-state index contributed by atoms with van der Waals surface area (Å²) in [5.41, 5.74) is 0. The predicted octanol–water partition coefficient (Wildman–Crippen LogP) is 0.561. The Labute approximate surface area is 212 Å². The topological polar surface area (TPSA) is 154 Å². The molecule has 0 saturated carbocycles. The third kappa shape index (κ3) is 7.48. The van der Waals surface area contributed by atoms with Crippen LogP contribution in [0.1, 0.15) is 38.5 Å². The number of hydrogen-bond acceptors (Lipinski definition) is 8. The molecule has 0 bridgehead atoms. The number of nitrogens with zero attached hydrogens (tertiary/aromatic N) is 1. The number of carboxylic acid groups (broad SMARTS) is 1. The molecule has 0 radical (unpaired) electrons.